The number of piperazine rings is 1. The number of benzene rings is 1. The number of carbonyl (C=O) groups excluding carboxylic acids is 1. The van der Waals surface area contributed by atoms with Gasteiger partial charge in [-0.1, -0.05) is 12.1 Å². The molecule has 7 heteroatoms. The molecular weight excluding hydrogens is 358 g/mol. The highest BCUT2D eigenvalue weighted by molar-refractivity contribution is 5.91. The van der Waals surface area contributed by atoms with Crippen LogP contribution in [-0.2, 0) is 4.74 Å². The molecule has 0 aromatic heterocycles. The van der Waals surface area contributed by atoms with Crippen molar-refractivity contribution in [3.63, 3.8) is 0 Å². The average Bonchev–Trinajstić information content (AvgIpc) is 2.69. The molecule has 1 aromatic carbocycles. The molecule has 2 amide bonds. The predicted molar refractivity (Wildman–Crippen MR) is 109 cm³/mol. The maximum atomic E-state index is 12.8. The van der Waals surface area contributed by atoms with Gasteiger partial charge in [0.15, 0.2) is 0 Å². The third-order valence-electron chi connectivity index (χ3n) is 5.38. The molecule has 156 valence electrons. The van der Waals surface area contributed by atoms with E-state index in [9.17, 15) is 9.90 Å². The number of anilines is 1. The van der Waals surface area contributed by atoms with E-state index < -0.39 is 0 Å². The lowest BCUT2D eigenvalue weighted by atomic mass is 10.1. The first-order chi connectivity index (χ1) is 13.5. The fourth-order valence-electron chi connectivity index (χ4n) is 3.80. The normalized spacial score (nSPS) is 24.6. The molecule has 0 spiro atoms. The van der Waals surface area contributed by atoms with Crippen LogP contribution in [0, 0.1) is 0 Å². The predicted octanol–water partition coefficient (Wildman–Crippen LogP) is 2.55. The van der Waals surface area contributed by atoms with Gasteiger partial charge in [0.05, 0.1) is 17.9 Å². The Balaban J connectivity index is 1.54. The Labute approximate surface area is 167 Å². The van der Waals surface area contributed by atoms with Crippen LogP contribution >= 0.6 is 0 Å². The summed E-state index contributed by atoms with van der Waals surface area (Å²) in [5.74, 6) is 0.672. The second-order valence-electron chi connectivity index (χ2n) is 7.86. The molecular formula is C21H33N3O4. The first kappa shape index (κ1) is 20.9. The highest BCUT2D eigenvalue weighted by Gasteiger charge is 2.27. The average molecular weight is 392 g/mol. The minimum absolute atomic E-state index is 0.117. The molecule has 2 fully saturated rings. The van der Waals surface area contributed by atoms with E-state index in [4.69, 9.17) is 9.47 Å². The van der Waals surface area contributed by atoms with E-state index in [0.29, 0.717) is 37.7 Å². The topological polar surface area (TPSA) is 74.3 Å². The number of carbonyl (C=O) groups is 1. The fourth-order valence-corrected chi connectivity index (χ4v) is 3.80. The molecule has 0 unspecified atom stereocenters. The minimum atomic E-state index is -0.361. The van der Waals surface area contributed by atoms with E-state index in [0.717, 1.165) is 26.0 Å². The molecule has 7 nitrogen and oxygen atoms in total. The van der Waals surface area contributed by atoms with E-state index >= 15 is 0 Å². The van der Waals surface area contributed by atoms with Crippen molar-refractivity contribution in [2.45, 2.75) is 51.4 Å². The summed E-state index contributed by atoms with van der Waals surface area (Å²) in [6.07, 6.45) is 3.07. The lowest BCUT2D eigenvalue weighted by Gasteiger charge is -2.40. The smallest absolute Gasteiger partial charge is 0.322 e. The summed E-state index contributed by atoms with van der Waals surface area (Å²) in [4.78, 5) is 16.8. The van der Waals surface area contributed by atoms with Gasteiger partial charge in [-0.15, -0.1) is 0 Å². The van der Waals surface area contributed by atoms with Crippen LogP contribution < -0.4 is 10.1 Å². The Bertz CT molecular complexity index is 634. The van der Waals surface area contributed by atoms with Gasteiger partial charge in [-0.25, -0.2) is 4.79 Å². The number of nitrogens with zero attached hydrogens (tertiary/aromatic N) is 2. The van der Waals surface area contributed by atoms with Crippen molar-refractivity contribution < 1.29 is 19.4 Å². The van der Waals surface area contributed by atoms with E-state index in [-0.39, 0.29) is 24.3 Å². The van der Waals surface area contributed by atoms with E-state index in [1.165, 1.54) is 6.42 Å². The van der Waals surface area contributed by atoms with Crippen LogP contribution in [0.3, 0.4) is 0 Å². The van der Waals surface area contributed by atoms with Gasteiger partial charge in [0.1, 0.15) is 12.4 Å². The Kier molecular flexibility index (Phi) is 7.53. The molecule has 2 N–H and O–H groups in total. The van der Waals surface area contributed by atoms with Gasteiger partial charge < -0.3 is 24.8 Å². The number of ether oxygens (including phenoxy) is 2. The van der Waals surface area contributed by atoms with Crippen molar-refractivity contribution in [1.82, 2.24) is 9.80 Å². The Hall–Kier alpha value is -1.83. The van der Waals surface area contributed by atoms with Crippen LogP contribution in [0.1, 0.15) is 33.1 Å². The standard InChI is InChI=1S/C21H33N3O4/c1-16-13-24(11-10-23(16)14-17(2)25)21(26)22-19-8-3-4-9-20(19)28-15-18-7-5-6-12-27-18/h3-4,8-9,16-18,25H,5-7,10-15H2,1-2H3,(H,22,26)/t16-,17+,18-/m1/s1. The second-order valence-corrected chi connectivity index (χ2v) is 7.86. The Morgan fingerprint density at radius 1 is 1.36 bits per heavy atom. The SMILES string of the molecule is C[C@H](O)CN1CCN(C(=O)Nc2ccccc2OC[C@H]2CCCCO2)C[C@H]1C. The van der Waals surface area contributed by atoms with Crippen molar-refractivity contribution in [3.05, 3.63) is 24.3 Å². The maximum Gasteiger partial charge on any atom is 0.322 e. The number of para-hydroxylation sites is 2. The number of amides is 2. The van der Waals surface area contributed by atoms with Gasteiger partial charge in [0.25, 0.3) is 0 Å². The Morgan fingerprint density at radius 2 is 2.18 bits per heavy atom. The zero-order valence-electron chi connectivity index (χ0n) is 17.0. The number of β-amino-alcohol motifs (C(OH)–C–C–N with tert-alkyl or cyclic N) is 1. The van der Waals surface area contributed by atoms with Crippen LogP contribution in [0.25, 0.3) is 0 Å². The summed E-state index contributed by atoms with van der Waals surface area (Å²) in [5, 5.41) is 12.6. The van der Waals surface area contributed by atoms with Crippen LogP contribution in [0.4, 0.5) is 10.5 Å². The summed E-state index contributed by atoms with van der Waals surface area (Å²) in [6.45, 7) is 7.85. The summed E-state index contributed by atoms with van der Waals surface area (Å²) < 4.78 is 11.7. The van der Waals surface area contributed by atoms with Crippen LogP contribution in [0.2, 0.25) is 0 Å². The highest BCUT2D eigenvalue weighted by Crippen LogP contribution is 2.25. The minimum Gasteiger partial charge on any atom is -0.489 e. The molecule has 28 heavy (non-hydrogen) atoms. The van der Waals surface area contributed by atoms with Gasteiger partial charge >= 0.3 is 6.03 Å². The number of urea groups is 1. The lowest BCUT2D eigenvalue weighted by Crippen LogP contribution is -2.55. The monoisotopic (exact) mass is 391 g/mol. The molecule has 2 saturated heterocycles. The van der Waals surface area contributed by atoms with E-state index in [1.807, 2.05) is 29.2 Å². The zero-order chi connectivity index (χ0) is 19.9. The van der Waals surface area contributed by atoms with Crippen molar-refractivity contribution in [2.75, 3.05) is 44.7 Å². The molecule has 0 aliphatic carbocycles. The van der Waals surface area contributed by atoms with Gasteiger partial charge in [-0.05, 0) is 45.2 Å². The molecule has 3 rings (SSSR count). The summed E-state index contributed by atoms with van der Waals surface area (Å²) in [5.41, 5.74) is 0.683. The second kappa shape index (κ2) is 10.1. The summed E-state index contributed by atoms with van der Waals surface area (Å²) in [6, 6.07) is 7.63. The molecule has 1 aromatic rings. The molecule has 2 aliphatic heterocycles. The van der Waals surface area contributed by atoms with E-state index in [1.54, 1.807) is 6.92 Å². The van der Waals surface area contributed by atoms with Crippen LogP contribution in [-0.4, -0.2) is 78.6 Å². The summed E-state index contributed by atoms with van der Waals surface area (Å²) in [7, 11) is 0. The van der Waals surface area contributed by atoms with E-state index in [2.05, 4.69) is 17.1 Å². The van der Waals surface area contributed by atoms with Gasteiger partial charge in [0.2, 0.25) is 0 Å². The highest BCUT2D eigenvalue weighted by atomic mass is 16.5. The molecule has 3 atom stereocenters. The number of aliphatic hydroxyl groups excluding tert-OH is 1. The van der Waals surface area contributed by atoms with Gasteiger partial charge in [-0.3, -0.25) is 4.90 Å². The maximum absolute atomic E-state index is 12.8. The molecule has 2 aliphatic rings. The first-order valence-corrected chi connectivity index (χ1v) is 10.3. The van der Waals surface area contributed by atoms with Crippen molar-refractivity contribution in [3.8, 4) is 5.75 Å². The third kappa shape index (κ3) is 5.83. The van der Waals surface area contributed by atoms with Crippen LogP contribution in [0.15, 0.2) is 24.3 Å². The largest absolute Gasteiger partial charge is 0.489 e. The van der Waals surface area contributed by atoms with Crippen molar-refractivity contribution in [1.29, 1.82) is 0 Å². The fraction of sp³-hybridized carbons (Fsp3) is 0.667. The van der Waals surface area contributed by atoms with Gasteiger partial charge in [-0.2, -0.15) is 0 Å². The number of hydrogen-bond acceptors (Lipinski definition) is 5. The number of rotatable bonds is 6. The molecule has 0 bridgehead atoms. The summed E-state index contributed by atoms with van der Waals surface area (Å²) >= 11 is 0. The lowest BCUT2D eigenvalue weighted by molar-refractivity contribution is -0.0109. The van der Waals surface area contributed by atoms with Crippen molar-refractivity contribution >= 4 is 11.7 Å². The van der Waals surface area contributed by atoms with Gasteiger partial charge in [0, 0.05) is 38.8 Å². The number of aliphatic hydroxyl groups is 1. The molecule has 0 saturated carbocycles. The molecule has 2 heterocycles. The first-order valence-electron chi connectivity index (χ1n) is 10.3. The van der Waals surface area contributed by atoms with Crippen LogP contribution in [0.5, 0.6) is 5.75 Å². The number of hydrogen-bond donors (Lipinski definition) is 2. The quantitative estimate of drug-likeness (QED) is 0.780. The van der Waals surface area contributed by atoms with Crippen molar-refractivity contribution in [2.24, 2.45) is 0 Å². The number of nitrogens with one attached hydrogen (secondary N) is 1. The third-order valence-corrected chi connectivity index (χ3v) is 5.38. The molecule has 0 radical (unpaired) electrons. The Morgan fingerprint density at radius 3 is 2.89 bits per heavy atom. The zero-order valence-corrected chi connectivity index (χ0v) is 17.0.